The van der Waals surface area contributed by atoms with Gasteiger partial charge in [-0.1, -0.05) is 48.5 Å². The average Bonchev–Trinajstić information content (AvgIpc) is 3.04. The van der Waals surface area contributed by atoms with Crippen LogP contribution < -0.4 is 5.32 Å². The van der Waals surface area contributed by atoms with Crippen LogP contribution in [0.4, 0.5) is 9.59 Å². The van der Waals surface area contributed by atoms with Gasteiger partial charge in [-0.15, -0.1) is 0 Å². The van der Waals surface area contributed by atoms with Gasteiger partial charge in [0, 0.05) is 13.0 Å². The molecule has 0 aromatic heterocycles. The maximum atomic E-state index is 12.6. The molecule has 0 fully saturated rings. The lowest BCUT2D eigenvalue weighted by Gasteiger charge is -2.26. The van der Waals surface area contributed by atoms with Gasteiger partial charge >= 0.3 is 18.2 Å². The highest BCUT2D eigenvalue weighted by Gasteiger charge is 2.32. The number of carboxylic acid groups (broad SMARTS) is 1. The number of nitrogens with zero attached hydrogens (tertiary/aromatic N) is 1. The molecule has 2 aromatic rings. The van der Waals surface area contributed by atoms with Crippen molar-refractivity contribution in [1.29, 1.82) is 0 Å². The van der Waals surface area contributed by atoms with E-state index in [0.29, 0.717) is 0 Å². The molecule has 0 heterocycles. The Morgan fingerprint density at radius 2 is 1.56 bits per heavy atom. The van der Waals surface area contributed by atoms with Crippen LogP contribution in [0.25, 0.3) is 11.1 Å². The molecule has 170 valence electrons. The van der Waals surface area contributed by atoms with Crippen molar-refractivity contribution in [2.75, 3.05) is 20.2 Å². The van der Waals surface area contributed by atoms with E-state index in [0.717, 1.165) is 27.2 Å². The number of hydrogen-bond donors (Lipinski definition) is 2. The van der Waals surface area contributed by atoms with E-state index in [1.807, 2.05) is 48.5 Å². The Morgan fingerprint density at radius 3 is 2.06 bits per heavy atom. The number of hydrogen-bond acceptors (Lipinski definition) is 5. The van der Waals surface area contributed by atoms with Crippen LogP contribution in [-0.4, -0.2) is 60.0 Å². The summed E-state index contributed by atoms with van der Waals surface area (Å²) in [6.45, 7) is 4.85. The van der Waals surface area contributed by atoms with Crippen LogP contribution in [0.15, 0.2) is 48.5 Å². The predicted octanol–water partition coefficient (Wildman–Crippen LogP) is 3.85. The van der Waals surface area contributed by atoms with Gasteiger partial charge in [0.25, 0.3) is 0 Å². The summed E-state index contributed by atoms with van der Waals surface area (Å²) in [4.78, 5) is 37.1. The second-order valence-corrected chi connectivity index (χ2v) is 8.65. The zero-order valence-electron chi connectivity index (χ0n) is 18.6. The van der Waals surface area contributed by atoms with Crippen molar-refractivity contribution in [1.82, 2.24) is 10.2 Å². The van der Waals surface area contributed by atoms with Crippen molar-refractivity contribution in [2.24, 2.45) is 0 Å². The summed E-state index contributed by atoms with van der Waals surface area (Å²) in [7, 11) is 1.33. The summed E-state index contributed by atoms with van der Waals surface area (Å²) >= 11 is 0. The monoisotopic (exact) mass is 440 g/mol. The van der Waals surface area contributed by atoms with E-state index < -0.39 is 29.8 Å². The fourth-order valence-electron chi connectivity index (χ4n) is 3.71. The maximum absolute atomic E-state index is 12.6. The second kappa shape index (κ2) is 9.30. The zero-order valence-corrected chi connectivity index (χ0v) is 18.6. The molecular formula is C24H28N2O6. The number of carboxylic acids is 1. The fourth-order valence-corrected chi connectivity index (χ4v) is 3.71. The van der Waals surface area contributed by atoms with Crippen LogP contribution in [0.5, 0.6) is 0 Å². The summed E-state index contributed by atoms with van der Waals surface area (Å²) in [6, 6.07) is 14.6. The summed E-state index contributed by atoms with van der Waals surface area (Å²) in [6.07, 6.45) is -1.55. The molecule has 32 heavy (non-hydrogen) atoms. The normalized spacial score (nSPS) is 13.5. The van der Waals surface area contributed by atoms with Crippen molar-refractivity contribution >= 4 is 18.2 Å². The highest BCUT2D eigenvalue weighted by molar-refractivity contribution is 5.81. The van der Waals surface area contributed by atoms with Crippen LogP contribution in [-0.2, 0) is 14.3 Å². The van der Waals surface area contributed by atoms with E-state index in [4.69, 9.17) is 9.47 Å². The molecule has 0 radical (unpaired) electrons. The number of amides is 2. The molecule has 1 aliphatic carbocycles. The minimum atomic E-state index is -1.31. The molecule has 0 unspecified atom stereocenters. The van der Waals surface area contributed by atoms with Crippen molar-refractivity contribution in [3.63, 3.8) is 0 Å². The lowest BCUT2D eigenvalue weighted by molar-refractivity contribution is -0.142. The van der Waals surface area contributed by atoms with Gasteiger partial charge in [0.1, 0.15) is 18.2 Å². The zero-order chi connectivity index (χ0) is 23.5. The summed E-state index contributed by atoms with van der Waals surface area (Å²) in [5.41, 5.74) is 3.60. The van der Waals surface area contributed by atoms with Crippen molar-refractivity contribution < 1.29 is 29.0 Å². The molecule has 0 saturated heterocycles. The lowest BCUT2D eigenvalue weighted by Crippen LogP contribution is -2.50. The Morgan fingerprint density at radius 1 is 1.03 bits per heavy atom. The standard InChI is InChI=1S/C24H28N2O6/c1-24(2,3)32-22(29)25-13-20(21(27)28)26(4)23(30)31-14-19-17-11-7-5-9-15(17)16-10-6-8-12-18(16)19/h5-12,19-20H,13-14H2,1-4H3,(H,25,29)(H,27,28)/t20-/m1/s1. The third-order valence-electron chi connectivity index (χ3n) is 5.22. The van der Waals surface area contributed by atoms with Crippen molar-refractivity contribution in [3.05, 3.63) is 59.7 Å². The van der Waals surface area contributed by atoms with Crippen molar-refractivity contribution in [2.45, 2.75) is 38.3 Å². The highest BCUT2D eigenvalue weighted by Crippen LogP contribution is 2.44. The number of rotatable bonds is 6. The van der Waals surface area contributed by atoms with Gasteiger partial charge in [-0.3, -0.25) is 4.90 Å². The summed E-state index contributed by atoms with van der Waals surface area (Å²) in [5, 5.41) is 11.9. The first-order chi connectivity index (χ1) is 15.1. The van der Waals surface area contributed by atoms with Crippen molar-refractivity contribution in [3.8, 4) is 11.1 Å². The Hall–Kier alpha value is -3.55. The second-order valence-electron chi connectivity index (χ2n) is 8.65. The number of ether oxygens (including phenoxy) is 2. The van der Waals surface area contributed by atoms with E-state index in [9.17, 15) is 19.5 Å². The van der Waals surface area contributed by atoms with E-state index in [2.05, 4.69) is 5.32 Å². The molecule has 8 heteroatoms. The van der Waals surface area contributed by atoms with Gasteiger partial charge in [-0.25, -0.2) is 14.4 Å². The highest BCUT2D eigenvalue weighted by atomic mass is 16.6. The first kappa shape index (κ1) is 23.1. The molecule has 0 aliphatic heterocycles. The first-order valence-corrected chi connectivity index (χ1v) is 10.4. The molecule has 0 spiro atoms. The summed E-state index contributed by atoms with van der Waals surface area (Å²) in [5.74, 6) is -1.40. The topological polar surface area (TPSA) is 105 Å². The largest absolute Gasteiger partial charge is 0.480 e. The minimum Gasteiger partial charge on any atom is -0.480 e. The first-order valence-electron chi connectivity index (χ1n) is 10.4. The molecule has 0 saturated carbocycles. The Kier molecular flexibility index (Phi) is 6.72. The predicted molar refractivity (Wildman–Crippen MR) is 118 cm³/mol. The maximum Gasteiger partial charge on any atom is 0.410 e. The number of carbonyl (C=O) groups excluding carboxylic acids is 2. The number of benzene rings is 2. The number of fused-ring (bicyclic) bond motifs is 3. The van der Waals surface area contributed by atoms with Gasteiger partial charge in [-0.05, 0) is 43.0 Å². The SMILES string of the molecule is CN(C(=O)OCC1c2ccccc2-c2ccccc21)[C@H](CNC(=O)OC(C)(C)C)C(=O)O. The van der Waals surface area contributed by atoms with Gasteiger partial charge in [0.15, 0.2) is 0 Å². The van der Waals surface area contributed by atoms with Crippen LogP contribution in [0.2, 0.25) is 0 Å². The average molecular weight is 440 g/mol. The molecule has 8 nitrogen and oxygen atoms in total. The Bertz CT molecular complexity index is 968. The third-order valence-corrected chi connectivity index (χ3v) is 5.22. The van der Waals surface area contributed by atoms with Gasteiger partial charge in [-0.2, -0.15) is 0 Å². The van der Waals surface area contributed by atoms with Crippen LogP contribution in [0, 0.1) is 0 Å². The van der Waals surface area contributed by atoms with Gasteiger partial charge < -0.3 is 19.9 Å². The summed E-state index contributed by atoms with van der Waals surface area (Å²) < 4.78 is 10.6. The number of alkyl carbamates (subject to hydrolysis) is 1. The molecule has 2 amide bonds. The number of carbonyl (C=O) groups is 3. The third kappa shape index (κ3) is 5.19. The molecule has 1 aliphatic rings. The lowest BCUT2D eigenvalue weighted by atomic mass is 9.98. The van der Waals surface area contributed by atoms with Crippen LogP contribution in [0.1, 0.15) is 37.8 Å². The van der Waals surface area contributed by atoms with E-state index in [1.165, 1.54) is 7.05 Å². The minimum absolute atomic E-state index is 0.0725. The van der Waals surface area contributed by atoms with Gasteiger partial charge in [0.05, 0.1) is 6.54 Å². The van der Waals surface area contributed by atoms with E-state index in [-0.39, 0.29) is 19.1 Å². The Balaban J connectivity index is 1.64. The molecular weight excluding hydrogens is 412 g/mol. The van der Waals surface area contributed by atoms with Gasteiger partial charge in [0.2, 0.25) is 0 Å². The molecule has 0 bridgehead atoms. The van der Waals surface area contributed by atoms with E-state index >= 15 is 0 Å². The van der Waals surface area contributed by atoms with Crippen LogP contribution >= 0.6 is 0 Å². The molecule has 2 aromatic carbocycles. The smallest absolute Gasteiger partial charge is 0.410 e. The molecule has 3 rings (SSSR count). The number of aliphatic carboxylic acids is 1. The molecule has 2 N–H and O–H groups in total. The Labute approximate surface area is 187 Å². The van der Waals surface area contributed by atoms with E-state index in [1.54, 1.807) is 20.8 Å². The quantitative estimate of drug-likeness (QED) is 0.707. The molecule has 1 atom stereocenters. The fraction of sp³-hybridized carbons (Fsp3) is 0.375. The number of nitrogens with one attached hydrogen (secondary N) is 1. The van der Waals surface area contributed by atoms with Crippen LogP contribution in [0.3, 0.4) is 0 Å². The number of likely N-dealkylation sites (N-methyl/N-ethyl adjacent to an activating group) is 1.